The molecule has 8 heterocycles. The van der Waals surface area contributed by atoms with Crippen molar-refractivity contribution in [2.75, 3.05) is 112 Å². The molecule has 0 radical (unpaired) electrons. The molecule has 4 N–H and O–H groups in total. The van der Waals surface area contributed by atoms with Crippen molar-refractivity contribution in [1.82, 2.24) is 29.5 Å². The Morgan fingerprint density at radius 3 is 2.47 bits per heavy atom. The van der Waals surface area contributed by atoms with Crippen LogP contribution in [0.1, 0.15) is 111 Å². The van der Waals surface area contributed by atoms with Crippen LogP contribution in [0, 0.1) is 21.4 Å². The topological polar surface area (TPSA) is 233 Å². The van der Waals surface area contributed by atoms with Crippen molar-refractivity contribution >= 4 is 61.2 Å². The highest BCUT2D eigenvalue weighted by molar-refractivity contribution is 7.90. The minimum Gasteiger partial charge on any atom is -0.493 e. The standard InChI is InChI=1S/C65H81N11O10S/c1-42(2)49-7-5-6-8-50(49)52-40-71(39-44-31-58(83-4)61(68-38-44)74-26-29-84-30-27-74)21-19-65(52)35-47(36-65)73-24-22-72(23-25-73)46-9-11-51(55(33-46)75-54-16-28-85-41-59(54)86-63-57(75)32-45-15-20-66-60(45)69-63)62(77)70-87(81,82)48-10-12-53(56(34-48)76(79)80)67-37-43-13-17-64(3,78)18-14-43/h5-12,15,20,31-34,38,42-43,47,52,54,59,67,78H,13-14,16-19,21-30,35-37,39-41H2,1-4H3,(H,66,69)(H,70,77)/t43-,47?,52-,54-,59-,64-,65?/m0/s1. The van der Waals surface area contributed by atoms with Gasteiger partial charge < -0.3 is 49.1 Å². The number of hydrogen-bond donors (Lipinski definition) is 4. The number of nitrogens with zero attached hydrogens (tertiary/aromatic N) is 8. The van der Waals surface area contributed by atoms with E-state index in [0.717, 1.165) is 125 Å². The molecule has 5 aliphatic heterocycles. The number of hydrogen-bond acceptors (Lipinski definition) is 18. The second-order valence-corrected chi connectivity index (χ2v) is 27.5. The number of nitrogens with one attached hydrogen (secondary N) is 3. The van der Waals surface area contributed by atoms with Crippen LogP contribution in [0.3, 0.4) is 0 Å². The van der Waals surface area contributed by atoms with Crippen LogP contribution >= 0.6 is 0 Å². The summed E-state index contributed by atoms with van der Waals surface area (Å²) < 4.78 is 55.0. The Morgan fingerprint density at radius 1 is 0.908 bits per heavy atom. The Morgan fingerprint density at radius 2 is 1.70 bits per heavy atom. The number of benzene rings is 3. The number of anilines is 5. The monoisotopic (exact) mass is 1210 g/mol. The number of piperidine rings is 1. The van der Waals surface area contributed by atoms with Gasteiger partial charge in [-0.1, -0.05) is 38.1 Å². The lowest BCUT2D eigenvalue weighted by molar-refractivity contribution is -0.384. The summed E-state index contributed by atoms with van der Waals surface area (Å²) >= 11 is 0. The van der Waals surface area contributed by atoms with Gasteiger partial charge in [-0.05, 0) is 147 Å². The number of pyridine rings is 2. The molecule has 3 aromatic heterocycles. The minimum atomic E-state index is -4.65. The quantitative estimate of drug-likeness (QED) is 0.0523. The smallest absolute Gasteiger partial charge is 0.293 e. The number of morpholine rings is 1. The Balaban J connectivity index is 0.742. The molecule has 2 saturated carbocycles. The SMILES string of the molecule is COc1cc(CN2CCC3(CC(N4CCN(c5ccc(C(=O)NS(=O)(=O)c6ccc(NC[C@H]7CC[C@](C)(O)CC7)c([N+](=O)[O-])c6)c(N6c7cc8cc[nH]c8nc7O[C@H]7COCC[C@@H]76)c5)CC4)C3)[C@H](c3ccccc3C(C)C)C2)cnc1N1CCOCC1. The van der Waals surface area contributed by atoms with Crippen molar-refractivity contribution in [2.45, 2.75) is 119 Å². The molecular formula is C65H81N11O10S. The minimum absolute atomic E-state index is 0.102. The van der Waals surface area contributed by atoms with E-state index in [0.29, 0.717) is 93.0 Å². The molecular weight excluding hydrogens is 1130 g/mol. The van der Waals surface area contributed by atoms with E-state index in [9.17, 15) is 28.4 Å². The van der Waals surface area contributed by atoms with Crippen molar-refractivity contribution in [2.24, 2.45) is 11.3 Å². The fraction of sp³-hybridized carbons (Fsp3) is 0.523. The van der Waals surface area contributed by atoms with Crippen LogP contribution < -0.4 is 34.2 Å². The van der Waals surface area contributed by atoms with E-state index in [1.807, 2.05) is 43.6 Å². The fourth-order valence-electron chi connectivity index (χ4n) is 15.0. The second kappa shape index (κ2) is 24.1. The molecule has 21 nitrogen and oxygen atoms in total. The van der Waals surface area contributed by atoms with Crippen LogP contribution in [0.5, 0.6) is 11.6 Å². The first-order valence-corrected chi connectivity index (χ1v) is 32.6. The summed E-state index contributed by atoms with van der Waals surface area (Å²) in [4.78, 5) is 51.3. The van der Waals surface area contributed by atoms with Gasteiger partial charge in [-0.2, -0.15) is 4.98 Å². The maximum Gasteiger partial charge on any atom is 0.293 e. The summed E-state index contributed by atoms with van der Waals surface area (Å²) in [5.41, 5.74) is 5.99. The molecule has 1 amide bonds. The number of carbonyl (C=O) groups is 1. The zero-order chi connectivity index (χ0) is 60.2. The van der Waals surface area contributed by atoms with E-state index in [2.05, 4.69) is 83.7 Å². The Hall–Kier alpha value is -7.08. The number of nitro groups is 1. The van der Waals surface area contributed by atoms with Gasteiger partial charge in [0.25, 0.3) is 21.6 Å². The second-order valence-electron chi connectivity index (χ2n) is 25.8. The fourth-order valence-corrected chi connectivity index (χ4v) is 16.0. The number of amides is 1. The summed E-state index contributed by atoms with van der Waals surface area (Å²) in [5.74, 6) is 2.11. The first kappa shape index (κ1) is 58.9. The normalized spacial score (nSPS) is 26.2. The molecule has 22 heteroatoms. The van der Waals surface area contributed by atoms with E-state index in [1.54, 1.807) is 13.2 Å². The molecule has 0 unspecified atom stereocenters. The van der Waals surface area contributed by atoms with Crippen molar-refractivity contribution in [1.29, 1.82) is 0 Å². The molecule has 6 aromatic rings. The highest BCUT2D eigenvalue weighted by Gasteiger charge is 2.54. The average Bonchev–Trinajstić information content (AvgIpc) is 1.90. The van der Waals surface area contributed by atoms with Crippen LogP contribution in [-0.4, -0.2) is 165 Å². The number of aromatic amines is 1. The average molecular weight is 1210 g/mol. The van der Waals surface area contributed by atoms with Crippen molar-refractivity contribution in [3.8, 4) is 11.6 Å². The molecule has 0 bridgehead atoms. The Kier molecular flexibility index (Phi) is 16.3. The first-order chi connectivity index (χ1) is 42.0. The lowest BCUT2D eigenvalue weighted by Gasteiger charge is -2.60. The number of methoxy groups -OCH3 is 1. The van der Waals surface area contributed by atoms with Gasteiger partial charge >= 0.3 is 0 Å². The lowest BCUT2D eigenvalue weighted by atomic mass is 9.53. The number of fused-ring (bicyclic) bond motifs is 3. The maximum atomic E-state index is 14.9. The predicted octanol–water partition coefficient (Wildman–Crippen LogP) is 8.96. The molecule has 4 saturated heterocycles. The van der Waals surface area contributed by atoms with Gasteiger partial charge in [-0.25, -0.2) is 18.1 Å². The van der Waals surface area contributed by atoms with Gasteiger partial charge in [0.1, 0.15) is 23.1 Å². The molecule has 13 rings (SSSR count). The van der Waals surface area contributed by atoms with E-state index in [4.69, 9.17) is 28.9 Å². The largest absolute Gasteiger partial charge is 0.493 e. The summed E-state index contributed by atoms with van der Waals surface area (Å²) in [6.45, 7) is 16.5. The molecule has 462 valence electrons. The summed E-state index contributed by atoms with van der Waals surface area (Å²) in [5, 5.41) is 26.9. The maximum absolute atomic E-state index is 14.9. The number of rotatable bonds is 16. The number of sulfonamides is 1. The third-order valence-electron chi connectivity index (χ3n) is 20.0. The predicted molar refractivity (Wildman–Crippen MR) is 333 cm³/mol. The highest BCUT2D eigenvalue weighted by Crippen LogP contribution is 2.59. The number of likely N-dealkylation sites (tertiary alicyclic amines) is 1. The molecule has 1 spiro atoms. The van der Waals surface area contributed by atoms with Gasteiger partial charge in [0, 0.05) is 107 Å². The van der Waals surface area contributed by atoms with Crippen LogP contribution in [0.15, 0.2) is 96.2 Å². The van der Waals surface area contributed by atoms with Crippen LogP contribution in [0.2, 0.25) is 0 Å². The Bertz CT molecular complexity index is 3630. The number of aromatic nitrogens is 3. The van der Waals surface area contributed by atoms with Crippen molar-refractivity contribution in [3.63, 3.8) is 0 Å². The van der Waals surface area contributed by atoms with E-state index < -0.39 is 43.1 Å². The van der Waals surface area contributed by atoms with Gasteiger partial charge in [0.15, 0.2) is 11.6 Å². The number of H-pyrrole nitrogens is 1. The number of ether oxygens (including phenoxy) is 4. The number of piperazine rings is 1. The van der Waals surface area contributed by atoms with Gasteiger partial charge in [-0.15, -0.1) is 0 Å². The van der Waals surface area contributed by atoms with Crippen LogP contribution in [0.25, 0.3) is 11.0 Å². The molecule has 3 atom stereocenters. The number of carbonyl (C=O) groups excluding carboxylic acids is 1. The lowest BCUT2D eigenvalue weighted by Crippen LogP contribution is -2.61. The molecule has 87 heavy (non-hydrogen) atoms. The zero-order valence-corrected chi connectivity index (χ0v) is 51.1. The number of aliphatic hydroxyl groups is 1. The molecule has 7 aliphatic rings. The summed E-state index contributed by atoms with van der Waals surface area (Å²) in [6, 6.07) is 24.6. The summed E-state index contributed by atoms with van der Waals surface area (Å²) in [6.07, 6.45) is 10.1. The van der Waals surface area contributed by atoms with E-state index in [1.165, 1.54) is 23.3 Å². The van der Waals surface area contributed by atoms with E-state index in [-0.39, 0.29) is 28.6 Å². The van der Waals surface area contributed by atoms with Gasteiger partial charge in [0.05, 0.1) is 59.6 Å². The van der Waals surface area contributed by atoms with Crippen LogP contribution in [0.4, 0.5) is 34.3 Å². The van der Waals surface area contributed by atoms with E-state index >= 15 is 0 Å². The van der Waals surface area contributed by atoms with Crippen LogP contribution in [-0.2, 0) is 26.0 Å². The Labute approximate surface area is 508 Å². The van der Waals surface area contributed by atoms with Gasteiger partial charge in [-0.3, -0.25) is 24.7 Å². The van der Waals surface area contributed by atoms with Crippen molar-refractivity contribution < 1.29 is 42.2 Å². The third-order valence-corrected chi connectivity index (χ3v) is 21.3. The zero-order valence-electron chi connectivity index (χ0n) is 50.3. The number of nitro benzene ring substituents is 1. The molecule has 6 fully saturated rings. The van der Waals surface area contributed by atoms with Crippen molar-refractivity contribution in [3.05, 3.63) is 124 Å². The molecule has 2 aliphatic carbocycles. The summed E-state index contributed by atoms with van der Waals surface area (Å²) in [7, 11) is -2.92. The van der Waals surface area contributed by atoms with Gasteiger partial charge in [0.2, 0.25) is 5.88 Å². The molecule has 3 aromatic carbocycles. The highest BCUT2D eigenvalue weighted by atomic mass is 32.2. The first-order valence-electron chi connectivity index (χ1n) is 31.2. The third kappa shape index (κ3) is 11.9.